The van der Waals surface area contributed by atoms with Crippen LogP contribution in [-0.4, -0.2) is 36.4 Å². The van der Waals surface area contributed by atoms with Crippen molar-refractivity contribution in [3.63, 3.8) is 0 Å². The van der Waals surface area contributed by atoms with Gasteiger partial charge in [-0.2, -0.15) is 9.41 Å². The summed E-state index contributed by atoms with van der Waals surface area (Å²) in [7, 11) is -3.94. The number of nitrogens with zero attached hydrogens (tertiary/aromatic N) is 3. The van der Waals surface area contributed by atoms with Crippen molar-refractivity contribution in [1.29, 1.82) is 0 Å². The summed E-state index contributed by atoms with van der Waals surface area (Å²) in [4.78, 5) is 16.6. The van der Waals surface area contributed by atoms with Crippen LogP contribution in [0.15, 0.2) is 82.9 Å². The minimum absolute atomic E-state index is 0.0197. The van der Waals surface area contributed by atoms with Crippen LogP contribution in [0.5, 0.6) is 0 Å². The third-order valence-corrected chi connectivity index (χ3v) is 6.34. The molecule has 0 fully saturated rings. The maximum atomic E-state index is 13.2. The van der Waals surface area contributed by atoms with Gasteiger partial charge in [-0.1, -0.05) is 47.5 Å². The van der Waals surface area contributed by atoms with Crippen molar-refractivity contribution in [2.45, 2.75) is 18.4 Å². The third kappa shape index (κ3) is 6.45. The highest BCUT2D eigenvalue weighted by atomic mass is 35.5. The summed E-state index contributed by atoms with van der Waals surface area (Å²) in [5.41, 5.74) is 4.50. The fourth-order valence-electron chi connectivity index (χ4n) is 2.74. The quantitative estimate of drug-likeness (QED) is 0.415. The topological polar surface area (TPSA) is 91.7 Å². The monoisotopic (exact) mass is 456 g/mol. The zero-order valence-electron chi connectivity index (χ0n) is 16.8. The van der Waals surface area contributed by atoms with Crippen LogP contribution in [0.25, 0.3) is 0 Å². The molecule has 0 atom stereocenters. The highest BCUT2D eigenvalue weighted by molar-refractivity contribution is 7.89. The molecule has 7 nitrogen and oxygen atoms in total. The van der Waals surface area contributed by atoms with Gasteiger partial charge in [-0.25, -0.2) is 13.8 Å². The maximum Gasteiger partial charge on any atom is 0.255 e. The van der Waals surface area contributed by atoms with Crippen LogP contribution < -0.4 is 5.43 Å². The second-order valence-corrected chi connectivity index (χ2v) is 9.14. The van der Waals surface area contributed by atoms with Gasteiger partial charge in [-0.15, -0.1) is 0 Å². The molecule has 0 spiro atoms. The molecule has 1 heterocycles. The number of carbonyl (C=O) groups excluding carboxylic acids is 1. The van der Waals surface area contributed by atoms with Gasteiger partial charge in [0.25, 0.3) is 5.91 Å². The molecule has 160 valence electrons. The molecule has 1 aromatic heterocycles. The van der Waals surface area contributed by atoms with Gasteiger partial charge in [-0.3, -0.25) is 9.78 Å². The second kappa shape index (κ2) is 10.3. The highest BCUT2D eigenvalue weighted by Gasteiger charge is 2.27. The lowest BCUT2D eigenvalue weighted by Crippen LogP contribution is -2.39. The van der Waals surface area contributed by atoms with Crippen LogP contribution in [0, 0.1) is 6.92 Å². The number of hydrogen-bond acceptors (Lipinski definition) is 5. The molecule has 3 rings (SSSR count). The summed E-state index contributed by atoms with van der Waals surface area (Å²) in [5.74, 6) is -0.579. The molecule has 1 N–H and O–H groups in total. The fourth-order valence-corrected chi connectivity index (χ4v) is 4.34. The summed E-state index contributed by atoms with van der Waals surface area (Å²) >= 11 is 6.04. The van der Waals surface area contributed by atoms with E-state index in [-0.39, 0.29) is 11.4 Å². The number of carbonyl (C=O) groups is 1. The normalized spacial score (nSPS) is 11.7. The number of aromatic nitrogens is 1. The van der Waals surface area contributed by atoms with E-state index >= 15 is 0 Å². The molecule has 31 heavy (non-hydrogen) atoms. The van der Waals surface area contributed by atoms with E-state index in [4.69, 9.17) is 11.6 Å². The number of nitrogens with one attached hydrogen (secondary N) is 1. The molecule has 0 unspecified atom stereocenters. The molecule has 0 aliphatic carbocycles. The molecule has 0 aliphatic heterocycles. The maximum absolute atomic E-state index is 13.2. The van der Waals surface area contributed by atoms with Crippen LogP contribution in [0.1, 0.15) is 16.8 Å². The minimum atomic E-state index is -3.94. The van der Waals surface area contributed by atoms with Crippen molar-refractivity contribution in [3.8, 4) is 0 Å². The van der Waals surface area contributed by atoms with Crippen molar-refractivity contribution in [2.24, 2.45) is 5.10 Å². The van der Waals surface area contributed by atoms with Gasteiger partial charge in [0.05, 0.1) is 23.3 Å². The molecule has 0 saturated carbocycles. The number of amides is 1. The van der Waals surface area contributed by atoms with Gasteiger partial charge >= 0.3 is 0 Å². The van der Waals surface area contributed by atoms with Gasteiger partial charge in [0, 0.05) is 17.8 Å². The first-order valence-electron chi connectivity index (χ1n) is 9.39. The van der Waals surface area contributed by atoms with Crippen molar-refractivity contribution in [1.82, 2.24) is 14.7 Å². The molecule has 1 amide bonds. The Bertz CT molecular complexity index is 1170. The highest BCUT2D eigenvalue weighted by Crippen LogP contribution is 2.20. The zero-order valence-corrected chi connectivity index (χ0v) is 18.3. The van der Waals surface area contributed by atoms with Gasteiger partial charge in [0.15, 0.2) is 0 Å². The van der Waals surface area contributed by atoms with E-state index in [0.29, 0.717) is 16.3 Å². The molecular weight excluding hydrogens is 436 g/mol. The lowest BCUT2D eigenvalue weighted by atomic mass is 10.2. The lowest BCUT2D eigenvalue weighted by molar-refractivity contribution is -0.121. The number of rotatable bonds is 8. The molecule has 3 aromatic rings. The molecule has 2 aromatic carbocycles. The van der Waals surface area contributed by atoms with Gasteiger partial charge < -0.3 is 0 Å². The largest absolute Gasteiger partial charge is 0.272 e. The number of hydrogen-bond donors (Lipinski definition) is 1. The number of pyridine rings is 1. The van der Waals surface area contributed by atoms with Crippen LogP contribution in [0.4, 0.5) is 0 Å². The predicted molar refractivity (Wildman–Crippen MR) is 120 cm³/mol. The summed E-state index contributed by atoms with van der Waals surface area (Å²) in [5, 5.41) is 4.33. The van der Waals surface area contributed by atoms with Crippen molar-refractivity contribution in [3.05, 3.63) is 94.8 Å². The standard InChI is InChI=1S/C22H21ClN4O3S/c1-17-8-10-21(11-9-17)31(29,30)27(15-18-5-4-6-19(23)13-18)16-22(28)26-25-14-20-7-2-3-12-24-20/h2-14H,15-16H2,1H3,(H,26,28)/b25-14-. The van der Waals surface area contributed by atoms with Gasteiger partial charge in [-0.05, 0) is 48.9 Å². The number of benzene rings is 2. The second-order valence-electron chi connectivity index (χ2n) is 6.76. The van der Waals surface area contributed by atoms with E-state index in [9.17, 15) is 13.2 Å². The molecular formula is C22H21ClN4O3S. The third-order valence-electron chi connectivity index (χ3n) is 4.30. The Kier molecular flexibility index (Phi) is 7.51. The summed E-state index contributed by atoms with van der Waals surface area (Å²) in [6, 6.07) is 18.6. The van der Waals surface area contributed by atoms with Crippen LogP contribution in [-0.2, 0) is 21.4 Å². The molecule has 0 bridgehead atoms. The van der Waals surface area contributed by atoms with Crippen LogP contribution >= 0.6 is 11.6 Å². The van der Waals surface area contributed by atoms with Crippen LogP contribution in [0.3, 0.4) is 0 Å². The first-order valence-corrected chi connectivity index (χ1v) is 11.2. The zero-order chi connectivity index (χ0) is 22.3. The Balaban J connectivity index is 1.80. The summed E-state index contributed by atoms with van der Waals surface area (Å²) in [6.07, 6.45) is 2.98. The fraction of sp³-hybridized carbons (Fsp3) is 0.136. The lowest BCUT2D eigenvalue weighted by Gasteiger charge is -2.21. The molecule has 0 radical (unpaired) electrons. The Hall–Kier alpha value is -3.07. The average Bonchev–Trinajstić information content (AvgIpc) is 2.74. The minimum Gasteiger partial charge on any atom is -0.272 e. The van der Waals surface area contributed by atoms with E-state index in [2.05, 4.69) is 15.5 Å². The Morgan fingerprint density at radius 1 is 1.13 bits per heavy atom. The van der Waals surface area contributed by atoms with Crippen molar-refractivity contribution >= 4 is 33.7 Å². The number of sulfonamides is 1. The predicted octanol–water partition coefficient (Wildman–Crippen LogP) is 3.38. The first-order chi connectivity index (χ1) is 14.8. The van der Waals surface area contributed by atoms with Crippen LogP contribution in [0.2, 0.25) is 5.02 Å². The van der Waals surface area contributed by atoms with Crippen molar-refractivity contribution in [2.75, 3.05) is 6.54 Å². The van der Waals surface area contributed by atoms with E-state index in [0.717, 1.165) is 9.87 Å². The molecule has 9 heteroatoms. The Morgan fingerprint density at radius 2 is 1.90 bits per heavy atom. The summed E-state index contributed by atoms with van der Waals surface area (Å²) in [6.45, 7) is 1.43. The number of aryl methyl sites for hydroxylation is 1. The SMILES string of the molecule is Cc1ccc(S(=O)(=O)N(CC(=O)N/N=C\c2ccccn2)Cc2cccc(Cl)c2)cc1. The molecule has 0 aliphatic rings. The first kappa shape index (κ1) is 22.6. The average molecular weight is 457 g/mol. The van der Waals surface area contributed by atoms with E-state index in [1.165, 1.54) is 18.3 Å². The summed E-state index contributed by atoms with van der Waals surface area (Å²) < 4.78 is 27.5. The van der Waals surface area contributed by atoms with Crippen molar-refractivity contribution < 1.29 is 13.2 Å². The number of hydrazone groups is 1. The van der Waals surface area contributed by atoms with Gasteiger partial charge in [0.1, 0.15) is 0 Å². The molecule has 0 saturated heterocycles. The Labute approximate surface area is 186 Å². The van der Waals surface area contributed by atoms with E-state index in [1.807, 2.05) is 6.92 Å². The van der Waals surface area contributed by atoms with E-state index < -0.39 is 22.5 Å². The van der Waals surface area contributed by atoms with Gasteiger partial charge in [0.2, 0.25) is 10.0 Å². The number of halogens is 1. The van der Waals surface area contributed by atoms with E-state index in [1.54, 1.807) is 60.8 Å². The Morgan fingerprint density at radius 3 is 2.58 bits per heavy atom. The smallest absolute Gasteiger partial charge is 0.255 e.